The van der Waals surface area contributed by atoms with Crippen LogP contribution in [0, 0.1) is 5.92 Å². The van der Waals surface area contributed by atoms with Crippen LogP contribution in [0.4, 0.5) is 10.9 Å². The Kier molecular flexibility index (Phi) is 4.98. The highest BCUT2D eigenvalue weighted by molar-refractivity contribution is 7.14. The highest BCUT2D eigenvalue weighted by Gasteiger charge is 2.27. The summed E-state index contributed by atoms with van der Waals surface area (Å²) < 4.78 is 7.16. The monoisotopic (exact) mass is 421 g/mol. The molecule has 1 aliphatic rings. The molecule has 1 amide bonds. The lowest BCUT2D eigenvalue weighted by Crippen LogP contribution is -2.41. The molecule has 0 aromatic carbocycles. The third-order valence-electron chi connectivity index (χ3n) is 5.03. The Hall–Kier alpha value is -3.53. The van der Waals surface area contributed by atoms with E-state index >= 15 is 0 Å². The number of hydrogen-bond donors (Lipinski definition) is 1. The molecular weight excluding hydrogens is 402 g/mol. The van der Waals surface area contributed by atoms with Crippen molar-refractivity contribution < 1.29 is 9.21 Å². The van der Waals surface area contributed by atoms with Crippen LogP contribution in [0.1, 0.15) is 12.8 Å². The normalized spacial score (nSPS) is 16.5. The molecule has 4 aromatic heterocycles. The summed E-state index contributed by atoms with van der Waals surface area (Å²) >= 11 is 1.39. The van der Waals surface area contributed by atoms with Gasteiger partial charge in [0.05, 0.1) is 12.2 Å². The highest BCUT2D eigenvalue weighted by atomic mass is 32.1. The zero-order valence-electron chi connectivity index (χ0n) is 16.0. The number of carbonyl (C=O) groups excluding carboxylic acids is 1. The molecule has 9 nitrogen and oxygen atoms in total. The number of imidazole rings is 1. The van der Waals surface area contributed by atoms with E-state index in [1.165, 1.54) is 11.3 Å². The van der Waals surface area contributed by atoms with E-state index in [2.05, 4.69) is 30.4 Å². The smallest absolute Gasteiger partial charge is 0.231 e. The molecular formula is C20H19N7O2S. The molecule has 0 saturated carbocycles. The van der Waals surface area contributed by atoms with Gasteiger partial charge in [0.25, 0.3) is 0 Å². The second-order valence-electron chi connectivity index (χ2n) is 7.01. The molecule has 1 fully saturated rings. The Labute approximate surface area is 176 Å². The zero-order valence-corrected chi connectivity index (χ0v) is 16.8. The number of hydrogen-bond acceptors (Lipinski definition) is 8. The van der Waals surface area contributed by atoms with Gasteiger partial charge in [-0.2, -0.15) is 0 Å². The molecule has 1 atom stereocenters. The van der Waals surface area contributed by atoms with E-state index in [1.807, 2.05) is 35.8 Å². The number of amides is 1. The molecule has 4 aromatic rings. The van der Waals surface area contributed by atoms with Crippen LogP contribution in [0.15, 0.2) is 59.0 Å². The maximum absolute atomic E-state index is 12.8. The van der Waals surface area contributed by atoms with E-state index in [0.29, 0.717) is 23.3 Å². The first-order valence-electron chi connectivity index (χ1n) is 9.63. The van der Waals surface area contributed by atoms with Crippen LogP contribution in [-0.4, -0.2) is 43.7 Å². The second kappa shape index (κ2) is 8.07. The third kappa shape index (κ3) is 3.81. The summed E-state index contributed by atoms with van der Waals surface area (Å²) in [5.74, 6) is 2.01. The number of nitrogens with one attached hydrogen (secondary N) is 1. The zero-order chi connectivity index (χ0) is 20.3. The molecule has 1 aliphatic heterocycles. The van der Waals surface area contributed by atoms with E-state index in [1.54, 1.807) is 23.4 Å². The number of thiazole rings is 1. The molecule has 10 heteroatoms. The average molecular weight is 421 g/mol. The highest BCUT2D eigenvalue weighted by Crippen LogP contribution is 2.27. The predicted molar refractivity (Wildman–Crippen MR) is 113 cm³/mol. The van der Waals surface area contributed by atoms with Crippen molar-refractivity contribution in [2.75, 3.05) is 23.3 Å². The van der Waals surface area contributed by atoms with Crippen molar-refractivity contribution in [1.82, 2.24) is 24.7 Å². The number of aromatic nitrogens is 5. The lowest BCUT2D eigenvalue weighted by atomic mass is 9.97. The van der Waals surface area contributed by atoms with Gasteiger partial charge >= 0.3 is 0 Å². The van der Waals surface area contributed by atoms with Gasteiger partial charge in [-0.25, -0.2) is 9.97 Å². The third-order valence-corrected chi connectivity index (χ3v) is 5.79. The van der Waals surface area contributed by atoms with Crippen molar-refractivity contribution in [2.45, 2.75) is 12.8 Å². The number of anilines is 2. The van der Waals surface area contributed by atoms with Gasteiger partial charge < -0.3 is 14.6 Å². The Bertz CT molecular complexity index is 1110. The van der Waals surface area contributed by atoms with E-state index in [9.17, 15) is 4.79 Å². The van der Waals surface area contributed by atoms with Crippen molar-refractivity contribution in [3.8, 4) is 17.3 Å². The minimum absolute atomic E-state index is 0.0250. The lowest BCUT2D eigenvalue weighted by molar-refractivity contribution is -0.120. The minimum atomic E-state index is -0.134. The fourth-order valence-electron chi connectivity index (χ4n) is 3.49. The summed E-state index contributed by atoms with van der Waals surface area (Å²) in [6.45, 7) is 1.45. The van der Waals surface area contributed by atoms with Crippen LogP contribution in [0.3, 0.4) is 0 Å². The molecule has 5 heterocycles. The average Bonchev–Trinajstić information content (AvgIpc) is 3.56. The van der Waals surface area contributed by atoms with Gasteiger partial charge in [0.1, 0.15) is 12.0 Å². The molecule has 0 spiro atoms. The number of rotatable bonds is 5. The van der Waals surface area contributed by atoms with Gasteiger partial charge in [-0.15, -0.1) is 21.5 Å². The summed E-state index contributed by atoms with van der Waals surface area (Å²) in [4.78, 5) is 23.4. The first-order chi connectivity index (χ1) is 14.8. The van der Waals surface area contributed by atoms with Gasteiger partial charge in [-0.05, 0) is 37.1 Å². The van der Waals surface area contributed by atoms with Gasteiger partial charge in [0.2, 0.25) is 5.91 Å². The molecule has 5 rings (SSSR count). The number of carbonyl (C=O) groups is 1. The first-order valence-corrected chi connectivity index (χ1v) is 10.5. The van der Waals surface area contributed by atoms with Crippen LogP contribution < -0.4 is 10.2 Å². The van der Waals surface area contributed by atoms with Gasteiger partial charge in [0.15, 0.2) is 22.5 Å². The molecule has 0 bridgehead atoms. The standard InChI is InChI=1S/C20H19N7O2S/c28-19(23-20-22-15(12-30-20)16-4-2-10-29-16)14-3-1-8-26(11-14)17-5-6-18(25-24-17)27-9-7-21-13-27/h2,4-7,9-10,12-14H,1,3,8,11H2,(H,22,23,28)/t14-/m0/s1. The number of nitrogens with zero attached hydrogens (tertiary/aromatic N) is 6. The van der Waals surface area contributed by atoms with Crippen molar-refractivity contribution in [1.29, 1.82) is 0 Å². The van der Waals surface area contributed by atoms with Crippen molar-refractivity contribution >= 4 is 28.2 Å². The fourth-order valence-corrected chi connectivity index (χ4v) is 4.20. The maximum Gasteiger partial charge on any atom is 0.231 e. The Morgan fingerprint density at radius 3 is 2.90 bits per heavy atom. The van der Waals surface area contributed by atoms with E-state index in [-0.39, 0.29) is 11.8 Å². The SMILES string of the molecule is O=C(Nc1nc(-c2ccco2)cs1)[C@H]1CCCN(c2ccc(-n3ccnc3)nn2)C1. The largest absolute Gasteiger partial charge is 0.463 e. The van der Waals surface area contributed by atoms with Gasteiger partial charge in [-0.3, -0.25) is 9.36 Å². The van der Waals surface area contributed by atoms with Gasteiger partial charge in [0, 0.05) is 30.9 Å². The van der Waals surface area contributed by atoms with Crippen LogP contribution in [0.2, 0.25) is 0 Å². The van der Waals surface area contributed by atoms with Crippen molar-refractivity contribution in [3.63, 3.8) is 0 Å². The summed E-state index contributed by atoms with van der Waals surface area (Å²) in [7, 11) is 0. The first kappa shape index (κ1) is 18.5. The summed E-state index contributed by atoms with van der Waals surface area (Å²) in [6, 6.07) is 7.49. The fraction of sp³-hybridized carbons (Fsp3) is 0.250. The number of piperidine rings is 1. The molecule has 1 N–H and O–H groups in total. The second-order valence-corrected chi connectivity index (χ2v) is 7.87. The summed E-state index contributed by atoms with van der Waals surface area (Å²) in [5, 5.41) is 14.0. The topological polar surface area (TPSA) is 102 Å². The van der Waals surface area contributed by atoms with Crippen LogP contribution in [-0.2, 0) is 4.79 Å². The molecule has 0 radical (unpaired) electrons. The quantitative estimate of drug-likeness (QED) is 0.528. The molecule has 0 aliphatic carbocycles. The summed E-state index contributed by atoms with van der Waals surface area (Å²) in [6.07, 6.45) is 8.55. The molecule has 1 saturated heterocycles. The molecule has 152 valence electrons. The molecule has 30 heavy (non-hydrogen) atoms. The van der Waals surface area contributed by atoms with Crippen molar-refractivity contribution in [2.24, 2.45) is 5.92 Å². The van der Waals surface area contributed by atoms with Gasteiger partial charge in [-0.1, -0.05) is 0 Å². The summed E-state index contributed by atoms with van der Waals surface area (Å²) in [5.41, 5.74) is 0.721. The lowest BCUT2D eigenvalue weighted by Gasteiger charge is -2.32. The molecule has 0 unspecified atom stereocenters. The Morgan fingerprint density at radius 1 is 1.23 bits per heavy atom. The predicted octanol–water partition coefficient (Wildman–Crippen LogP) is 3.23. The maximum atomic E-state index is 12.8. The Balaban J connectivity index is 1.23. The minimum Gasteiger partial charge on any atom is -0.463 e. The number of furan rings is 1. The van der Waals surface area contributed by atoms with E-state index in [4.69, 9.17) is 4.42 Å². The van der Waals surface area contributed by atoms with Crippen LogP contribution in [0.5, 0.6) is 0 Å². The Morgan fingerprint density at radius 2 is 2.13 bits per heavy atom. The van der Waals surface area contributed by atoms with Crippen LogP contribution >= 0.6 is 11.3 Å². The van der Waals surface area contributed by atoms with E-state index < -0.39 is 0 Å². The van der Waals surface area contributed by atoms with E-state index in [0.717, 1.165) is 30.9 Å². The van der Waals surface area contributed by atoms with Crippen LogP contribution in [0.25, 0.3) is 17.3 Å². The van der Waals surface area contributed by atoms with Crippen molar-refractivity contribution in [3.05, 3.63) is 54.6 Å².